The summed E-state index contributed by atoms with van der Waals surface area (Å²) >= 11 is 0. The molecule has 5 nitrogen and oxygen atoms in total. The fourth-order valence-corrected chi connectivity index (χ4v) is 10.2. The number of rotatable bonds is 5. The second kappa shape index (κ2) is 8.09. The molecule has 0 saturated carbocycles. The number of hydrogen-bond donors (Lipinski definition) is 0. The average Bonchev–Trinajstić information content (AvgIpc) is 2.84. The maximum absolute atomic E-state index is 13.1. The average molecular weight is 383 g/mol. The fourth-order valence-electron chi connectivity index (χ4n) is 4.06. The van der Waals surface area contributed by atoms with Crippen molar-refractivity contribution in [2.45, 2.75) is 78.5 Å². The summed E-state index contributed by atoms with van der Waals surface area (Å²) in [5, 5.41) is -0.246. The Hall–Kier alpha value is -1.40. The minimum atomic E-state index is -2.97. The van der Waals surface area contributed by atoms with Gasteiger partial charge in [0.15, 0.2) is 0 Å². The van der Waals surface area contributed by atoms with E-state index < -0.39 is 26.4 Å². The lowest BCUT2D eigenvalue weighted by atomic mass is 10.1. The standard InChI is InChI=1S/C20H34O5Si/c1-10-13-14-15(17(21)23-11-2)16(18(22)24-12-3)26(25-14,19(4,5)6)20(7,8)9/h10,13-14H,11-12H2,1-9H3/b13-10+. The molecule has 1 unspecified atom stereocenters. The van der Waals surface area contributed by atoms with Crippen LogP contribution in [-0.4, -0.2) is 39.6 Å². The Labute approximate surface area is 158 Å². The van der Waals surface area contributed by atoms with Crippen molar-refractivity contribution in [3.05, 3.63) is 22.9 Å². The molecule has 0 aliphatic carbocycles. The van der Waals surface area contributed by atoms with Gasteiger partial charge in [-0.3, -0.25) is 0 Å². The normalized spacial score (nSPS) is 20.6. The molecule has 0 bridgehead atoms. The summed E-state index contributed by atoms with van der Waals surface area (Å²) in [7, 11) is -2.97. The Morgan fingerprint density at radius 1 is 1.00 bits per heavy atom. The quantitative estimate of drug-likeness (QED) is 0.399. The van der Waals surface area contributed by atoms with E-state index in [2.05, 4.69) is 41.5 Å². The molecule has 1 aliphatic rings. The van der Waals surface area contributed by atoms with E-state index in [1.165, 1.54) is 0 Å². The van der Waals surface area contributed by atoms with E-state index in [1.54, 1.807) is 13.8 Å². The summed E-state index contributed by atoms with van der Waals surface area (Å²) in [5.74, 6) is -0.958. The molecular weight excluding hydrogens is 348 g/mol. The predicted molar refractivity (Wildman–Crippen MR) is 105 cm³/mol. The van der Waals surface area contributed by atoms with Gasteiger partial charge in [0.1, 0.15) is 0 Å². The van der Waals surface area contributed by atoms with Crippen molar-refractivity contribution < 1.29 is 23.5 Å². The third-order valence-electron chi connectivity index (χ3n) is 4.66. The molecule has 0 fully saturated rings. The molecular formula is C20H34O5Si. The van der Waals surface area contributed by atoms with Crippen LogP contribution in [0.4, 0.5) is 0 Å². The van der Waals surface area contributed by atoms with Crippen LogP contribution in [0.5, 0.6) is 0 Å². The predicted octanol–water partition coefficient (Wildman–Crippen LogP) is 4.47. The number of carbonyl (C=O) groups is 2. The van der Waals surface area contributed by atoms with Gasteiger partial charge in [-0.15, -0.1) is 0 Å². The molecule has 0 aromatic heterocycles. The summed E-state index contributed by atoms with van der Waals surface area (Å²) in [6, 6.07) is 0. The van der Waals surface area contributed by atoms with Crippen LogP contribution in [-0.2, 0) is 23.5 Å². The molecule has 1 aliphatic heterocycles. The molecule has 0 N–H and O–H groups in total. The summed E-state index contributed by atoms with van der Waals surface area (Å²) in [6.45, 7) is 18.3. The lowest BCUT2D eigenvalue weighted by Crippen LogP contribution is -2.56. The van der Waals surface area contributed by atoms with Crippen LogP contribution >= 0.6 is 0 Å². The maximum Gasteiger partial charge on any atom is 0.337 e. The van der Waals surface area contributed by atoms with Crippen molar-refractivity contribution in [1.29, 1.82) is 0 Å². The first-order valence-corrected chi connectivity index (χ1v) is 11.2. The van der Waals surface area contributed by atoms with Gasteiger partial charge in [0, 0.05) is 0 Å². The van der Waals surface area contributed by atoms with Crippen molar-refractivity contribution in [3.8, 4) is 0 Å². The molecule has 0 aromatic rings. The maximum atomic E-state index is 13.1. The van der Waals surface area contributed by atoms with Crippen LogP contribution in [0.3, 0.4) is 0 Å². The smallest absolute Gasteiger partial charge is 0.337 e. The van der Waals surface area contributed by atoms with Crippen molar-refractivity contribution in [2.24, 2.45) is 0 Å². The van der Waals surface area contributed by atoms with Gasteiger partial charge in [-0.2, -0.15) is 0 Å². The zero-order valence-electron chi connectivity index (χ0n) is 17.7. The van der Waals surface area contributed by atoms with Crippen LogP contribution in [0.15, 0.2) is 22.9 Å². The molecule has 0 aromatic carbocycles. The first-order valence-electron chi connectivity index (χ1n) is 9.28. The Balaban J connectivity index is 3.90. The number of carbonyl (C=O) groups excluding carboxylic acids is 2. The SMILES string of the molecule is C/C=C/C1O[Si](C(C)(C)C)(C(C)(C)C)C(C(=O)OCC)=C1C(=O)OCC. The lowest BCUT2D eigenvalue weighted by molar-refractivity contribution is -0.141. The molecule has 0 saturated heterocycles. The monoisotopic (exact) mass is 382 g/mol. The largest absolute Gasteiger partial charge is 0.463 e. The number of ether oxygens (including phenoxy) is 2. The van der Waals surface area contributed by atoms with Crippen LogP contribution in [0.1, 0.15) is 62.3 Å². The second-order valence-corrected chi connectivity index (χ2v) is 13.6. The van der Waals surface area contributed by atoms with Gasteiger partial charge in [0.25, 0.3) is 0 Å². The van der Waals surface area contributed by atoms with Gasteiger partial charge in [-0.1, -0.05) is 53.7 Å². The second-order valence-electron chi connectivity index (χ2n) is 8.48. The molecule has 0 spiro atoms. The van der Waals surface area contributed by atoms with Crippen molar-refractivity contribution in [3.63, 3.8) is 0 Å². The summed E-state index contributed by atoms with van der Waals surface area (Å²) in [4.78, 5) is 25.9. The molecule has 1 atom stereocenters. The number of esters is 2. The summed E-state index contributed by atoms with van der Waals surface area (Å²) in [6.07, 6.45) is 3.06. The number of hydrogen-bond acceptors (Lipinski definition) is 5. The number of allylic oxidation sites excluding steroid dienone is 1. The minimum absolute atomic E-state index is 0.237. The van der Waals surface area contributed by atoms with Crippen LogP contribution in [0.2, 0.25) is 10.1 Å². The highest BCUT2D eigenvalue weighted by atomic mass is 28.4. The van der Waals surface area contributed by atoms with Gasteiger partial charge in [0.2, 0.25) is 8.32 Å². The van der Waals surface area contributed by atoms with Gasteiger partial charge in [-0.05, 0) is 30.8 Å². The van der Waals surface area contributed by atoms with Gasteiger partial charge in [-0.25, -0.2) is 9.59 Å². The summed E-state index contributed by atoms with van der Waals surface area (Å²) < 4.78 is 17.3. The zero-order chi connectivity index (χ0) is 20.3. The van der Waals surface area contributed by atoms with Crippen LogP contribution < -0.4 is 0 Å². The Kier molecular flexibility index (Phi) is 7.04. The first-order chi connectivity index (χ1) is 11.9. The first kappa shape index (κ1) is 22.6. The van der Waals surface area contributed by atoms with E-state index in [1.807, 2.05) is 19.1 Å². The van der Waals surface area contributed by atoms with E-state index in [0.717, 1.165) is 0 Å². The molecule has 6 heteroatoms. The Morgan fingerprint density at radius 2 is 1.46 bits per heavy atom. The molecule has 1 rings (SSSR count). The molecule has 0 amide bonds. The van der Waals surface area contributed by atoms with Gasteiger partial charge >= 0.3 is 11.9 Å². The topological polar surface area (TPSA) is 61.8 Å². The van der Waals surface area contributed by atoms with Gasteiger partial charge in [0.05, 0.1) is 30.1 Å². The fraction of sp³-hybridized carbons (Fsp3) is 0.700. The van der Waals surface area contributed by atoms with Crippen LogP contribution in [0, 0.1) is 0 Å². The van der Waals surface area contributed by atoms with E-state index >= 15 is 0 Å². The minimum Gasteiger partial charge on any atom is -0.463 e. The third-order valence-corrected chi connectivity index (χ3v) is 10.7. The van der Waals surface area contributed by atoms with Crippen molar-refractivity contribution in [2.75, 3.05) is 13.2 Å². The highest BCUT2D eigenvalue weighted by Crippen LogP contribution is 2.59. The third kappa shape index (κ3) is 3.81. The van der Waals surface area contributed by atoms with Gasteiger partial charge < -0.3 is 13.9 Å². The van der Waals surface area contributed by atoms with E-state index in [4.69, 9.17) is 13.9 Å². The van der Waals surface area contributed by atoms with E-state index in [0.29, 0.717) is 10.8 Å². The van der Waals surface area contributed by atoms with E-state index in [-0.39, 0.29) is 23.3 Å². The van der Waals surface area contributed by atoms with Crippen molar-refractivity contribution in [1.82, 2.24) is 0 Å². The Bertz CT molecular complexity index is 591. The molecule has 148 valence electrons. The zero-order valence-corrected chi connectivity index (χ0v) is 18.7. The highest BCUT2D eigenvalue weighted by molar-refractivity contribution is 6.90. The molecule has 0 radical (unpaired) electrons. The highest BCUT2D eigenvalue weighted by Gasteiger charge is 2.66. The molecule has 1 heterocycles. The van der Waals surface area contributed by atoms with Crippen LogP contribution in [0.25, 0.3) is 0 Å². The van der Waals surface area contributed by atoms with Crippen molar-refractivity contribution >= 4 is 20.3 Å². The summed E-state index contributed by atoms with van der Waals surface area (Å²) in [5.41, 5.74) is 0.305. The lowest BCUT2D eigenvalue weighted by Gasteiger charge is -2.48. The Morgan fingerprint density at radius 3 is 1.85 bits per heavy atom. The van der Waals surface area contributed by atoms with E-state index in [9.17, 15) is 9.59 Å². The molecule has 26 heavy (non-hydrogen) atoms.